The van der Waals surface area contributed by atoms with E-state index in [1.54, 1.807) is 0 Å². The summed E-state index contributed by atoms with van der Waals surface area (Å²) in [6, 6.07) is 16.1. The van der Waals surface area contributed by atoms with E-state index in [0.29, 0.717) is 5.02 Å². The number of benzene rings is 2. The van der Waals surface area contributed by atoms with Crippen LogP contribution in [0.1, 0.15) is 16.8 Å². The Balaban J connectivity index is 1.38. The molecule has 29 heavy (non-hydrogen) atoms. The Bertz CT molecular complexity index is 1030. The molecule has 0 spiro atoms. The summed E-state index contributed by atoms with van der Waals surface area (Å²) in [4.78, 5) is 17.4. The maximum Gasteiger partial charge on any atom is 0.290 e. The topological polar surface area (TPSA) is 44.3 Å². The molecule has 1 aliphatic heterocycles. The summed E-state index contributed by atoms with van der Waals surface area (Å²) >= 11 is 6.33. The van der Waals surface area contributed by atoms with Gasteiger partial charge in [-0.1, -0.05) is 41.9 Å². The highest BCUT2D eigenvalue weighted by atomic mass is 35.5. The number of rotatable bonds is 5. The van der Waals surface area contributed by atoms with Gasteiger partial charge in [-0.15, -0.1) is 0 Å². The molecule has 6 heteroatoms. The monoisotopic (exact) mass is 410 g/mol. The van der Waals surface area contributed by atoms with Crippen LogP contribution in [0.3, 0.4) is 0 Å². The van der Waals surface area contributed by atoms with Crippen LogP contribution in [0.15, 0.2) is 53.3 Å². The first-order valence-electron chi connectivity index (χ1n) is 10.1. The number of halogens is 1. The molecular formula is C23H27ClN4O. The fourth-order valence-corrected chi connectivity index (χ4v) is 4.17. The van der Waals surface area contributed by atoms with Gasteiger partial charge in [0.15, 0.2) is 0 Å². The van der Waals surface area contributed by atoms with E-state index in [1.807, 2.05) is 30.3 Å². The predicted octanol–water partition coefficient (Wildman–Crippen LogP) is 3.80. The van der Waals surface area contributed by atoms with Crippen LogP contribution in [0.4, 0.5) is 5.69 Å². The number of hydrogen-bond acceptors (Lipinski definition) is 3. The molecule has 1 N–H and O–H groups in total. The highest BCUT2D eigenvalue weighted by Gasteiger charge is 2.20. The SMILES string of the molecule is Cc1cccc(N2CCN(CCc3[nH]n(-c4ccccc4)c(=O)c3Cl)CC2)c1C. The zero-order valence-corrected chi connectivity index (χ0v) is 17.7. The van der Waals surface area contributed by atoms with E-state index >= 15 is 0 Å². The number of nitrogens with zero attached hydrogens (tertiary/aromatic N) is 3. The van der Waals surface area contributed by atoms with E-state index in [0.717, 1.165) is 50.5 Å². The average molecular weight is 411 g/mol. The second-order valence-electron chi connectivity index (χ2n) is 7.68. The smallest absolute Gasteiger partial charge is 0.290 e. The number of H-pyrrole nitrogens is 1. The van der Waals surface area contributed by atoms with Crippen LogP contribution in [0.2, 0.25) is 5.02 Å². The van der Waals surface area contributed by atoms with Gasteiger partial charge in [-0.3, -0.25) is 14.8 Å². The van der Waals surface area contributed by atoms with Crippen LogP contribution >= 0.6 is 11.6 Å². The summed E-state index contributed by atoms with van der Waals surface area (Å²) in [6.45, 7) is 9.30. The van der Waals surface area contributed by atoms with Gasteiger partial charge >= 0.3 is 0 Å². The van der Waals surface area contributed by atoms with Crippen molar-refractivity contribution < 1.29 is 0 Å². The Labute approximate surface area is 176 Å². The largest absolute Gasteiger partial charge is 0.369 e. The van der Waals surface area contributed by atoms with Gasteiger partial charge in [-0.05, 0) is 43.2 Å². The molecule has 0 atom stereocenters. The van der Waals surface area contributed by atoms with Crippen LogP contribution in [-0.4, -0.2) is 47.4 Å². The van der Waals surface area contributed by atoms with Crippen LogP contribution in [0.25, 0.3) is 5.69 Å². The van der Waals surface area contributed by atoms with Crippen LogP contribution in [-0.2, 0) is 6.42 Å². The van der Waals surface area contributed by atoms with Crippen molar-refractivity contribution in [2.45, 2.75) is 20.3 Å². The minimum atomic E-state index is -0.187. The molecule has 1 saturated heterocycles. The zero-order chi connectivity index (χ0) is 20.4. The third-order valence-corrected chi connectivity index (χ3v) is 6.27. The number of aryl methyl sites for hydroxylation is 1. The summed E-state index contributed by atoms with van der Waals surface area (Å²) < 4.78 is 1.52. The molecule has 1 fully saturated rings. The van der Waals surface area contributed by atoms with Crippen molar-refractivity contribution in [2.24, 2.45) is 0 Å². The highest BCUT2D eigenvalue weighted by Crippen LogP contribution is 2.24. The molecule has 0 aliphatic carbocycles. The molecule has 3 aromatic rings. The molecule has 0 unspecified atom stereocenters. The van der Waals surface area contributed by atoms with E-state index in [2.05, 4.69) is 46.9 Å². The third-order valence-electron chi connectivity index (χ3n) is 5.88. The minimum Gasteiger partial charge on any atom is -0.369 e. The number of para-hydroxylation sites is 1. The summed E-state index contributed by atoms with van der Waals surface area (Å²) in [5, 5.41) is 3.48. The Kier molecular flexibility index (Phi) is 5.79. The Morgan fingerprint density at radius 2 is 1.69 bits per heavy atom. The number of hydrogen-bond donors (Lipinski definition) is 1. The lowest BCUT2D eigenvalue weighted by Crippen LogP contribution is -2.47. The van der Waals surface area contributed by atoms with Gasteiger partial charge in [-0.2, -0.15) is 0 Å². The minimum absolute atomic E-state index is 0.187. The van der Waals surface area contributed by atoms with Crippen molar-refractivity contribution in [1.29, 1.82) is 0 Å². The molecular weight excluding hydrogens is 384 g/mol. The fraction of sp³-hybridized carbons (Fsp3) is 0.348. The van der Waals surface area contributed by atoms with Gasteiger partial charge < -0.3 is 4.90 Å². The van der Waals surface area contributed by atoms with Gasteiger partial charge in [0, 0.05) is 44.8 Å². The average Bonchev–Trinajstić information content (AvgIpc) is 3.04. The van der Waals surface area contributed by atoms with Gasteiger partial charge in [0.05, 0.1) is 11.4 Å². The maximum absolute atomic E-state index is 12.5. The number of anilines is 1. The maximum atomic E-state index is 12.5. The molecule has 1 aliphatic rings. The lowest BCUT2D eigenvalue weighted by molar-refractivity contribution is 0.260. The first-order valence-corrected chi connectivity index (χ1v) is 10.5. The molecule has 0 bridgehead atoms. The summed E-state index contributed by atoms with van der Waals surface area (Å²) in [6.07, 6.45) is 0.734. The fourth-order valence-electron chi connectivity index (χ4n) is 3.95. The quantitative estimate of drug-likeness (QED) is 0.695. The van der Waals surface area contributed by atoms with Crippen molar-refractivity contribution >= 4 is 17.3 Å². The standard InChI is InChI=1S/C23H27ClN4O/c1-17-7-6-10-21(18(17)2)27-15-13-26(14-16-27)12-11-20-22(24)23(29)28(25-20)19-8-4-3-5-9-19/h3-10,25H,11-16H2,1-2H3. The summed E-state index contributed by atoms with van der Waals surface area (Å²) in [5.41, 5.74) is 5.47. The lowest BCUT2D eigenvalue weighted by atomic mass is 10.1. The van der Waals surface area contributed by atoms with Crippen molar-refractivity contribution in [2.75, 3.05) is 37.6 Å². The zero-order valence-electron chi connectivity index (χ0n) is 17.0. The van der Waals surface area contributed by atoms with Crippen LogP contribution in [0.5, 0.6) is 0 Å². The van der Waals surface area contributed by atoms with Gasteiger partial charge in [0.2, 0.25) is 0 Å². The normalized spacial score (nSPS) is 15.1. The van der Waals surface area contributed by atoms with Crippen molar-refractivity contribution in [3.8, 4) is 5.69 Å². The molecule has 0 saturated carbocycles. The highest BCUT2D eigenvalue weighted by molar-refractivity contribution is 6.31. The van der Waals surface area contributed by atoms with Gasteiger partial charge in [0.25, 0.3) is 5.56 Å². The Morgan fingerprint density at radius 1 is 0.966 bits per heavy atom. The van der Waals surface area contributed by atoms with Crippen molar-refractivity contribution in [3.63, 3.8) is 0 Å². The second kappa shape index (κ2) is 8.47. The van der Waals surface area contributed by atoms with E-state index < -0.39 is 0 Å². The number of piperazine rings is 1. The predicted molar refractivity (Wildman–Crippen MR) is 120 cm³/mol. The Morgan fingerprint density at radius 3 is 2.41 bits per heavy atom. The number of aromatic amines is 1. The summed E-state index contributed by atoms with van der Waals surface area (Å²) in [7, 11) is 0. The molecule has 0 radical (unpaired) electrons. The van der Waals surface area contributed by atoms with E-state index in [1.165, 1.54) is 21.5 Å². The Hall–Kier alpha value is -2.50. The van der Waals surface area contributed by atoms with E-state index in [9.17, 15) is 4.79 Å². The molecule has 0 amide bonds. The molecule has 2 aromatic carbocycles. The number of nitrogens with one attached hydrogen (secondary N) is 1. The first kappa shape index (κ1) is 19.8. The van der Waals surface area contributed by atoms with Gasteiger partial charge in [-0.25, -0.2) is 4.68 Å². The van der Waals surface area contributed by atoms with E-state index in [4.69, 9.17) is 11.6 Å². The van der Waals surface area contributed by atoms with Crippen molar-refractivity contribution in [1.82, 2.24) is 14.7 Å². The number of aromatic nitrogens is 2. The van der Waals surface area contributed by atoms with Crippen molar-refractivity contribution in [3.05, 3.63) is 80.7 Å². The summed E-state index contributed by atoms with van der Waals surface area (Å²) in [5.74, 6) is 0. The molecule has 5 nitrogen and oxygen atoms in total. The van der Waals surface area contributed by atoms with Crippen LogP contribution in [0, 0.1) is 13.8 Å². The van der Waals surface area contributed by atoms with E-state index in [-0.39, 0.29) is 5.56 Å². The van der Waals surface area contributed by atoms with Gasteiger partial charge in [0.1, 0.15) is 5.02 Å². The molecule has 1 aromatic heterocycles. The molecule has 152 valence electrons. The molecule has 2 heterocycles. The van der Waals surface area contributed by atoms with Crippen LogP contribution < -0.4 is 10.5 Å². The molecule has 4 rings (SSSR count). The first-order chi connectivity index (χ1) is 14.0. The second-order valence-corrected chi connectivity index (χ2v) is 8.06. The third kappa shape index (κ3) is 4.11. The lowest BCUT2D eigenvalue weighted by Gasteiger charge is -2.37.